The van der Waals surface area contributed by atoms with Crippen LogP contribution in [0, 0.1) is 0 Å². The molecular formula is C16H15ClN4O2. The molecule has 6 nitrogen and oxygen atoms in total. The molecule has 118 valence electrons. The van der Waals surface area contributed by atoms with Gasteiger partial charge >= 0.3 is 0 Å². The van der Waals surface area contributed by atoms with E-state index < -0.39 is 5.60 Å². The molecule has 4 rings (SSSR count). The number of rotatable bonds is 3. The van der Waals surface area contributed by atoms with Crippen LogP contribution < -0.4 is 0 Å². The second kappa shape index (κ2) is 5.56. The van der Waals surface area contributed by atoms with Crippen LogP contribution >= 0.6 is 11.6 Å². The molecule has 7 heteroatoms. The number of benzene rings is 1. The maximum absolute atomic E-state index is 10.5. The van der Waals surface area contributed by atoms with Gasteiger partial charge in [0.25, 0.3) is 0 Å². The van der Waals surface area contributed by atoms with Gasteiger partial charge in [-0.05, 0) is 12.1 Å². The summed E-state index contributed by atoms with van der Waals surface area (Å²) in [6, 6.07) is 7.69. The van der Waals surface area contributed by atoms with E-state index in [2.05, 4.69) is 15.3 Å². The molecule has 1 aliphatic heterocycles. The fourth-order valence-corrected chi connectivity index (χ4v) is 3.05. The zero-order valence-corrected chi connectivity index (χ0v) is 13.1. The number of aliphatic hydroxyl groups is 1. The fraction of sp³-hybridized carbons (Fsp3) is 0.312. The van der Waals surface area contributed by atoms with Gasteiger partial charge in [0.05, 0.1) is 24.9 Å². The number of pyridine rings is 1. The minimum absolute atomic E-state index is 0.252. The van der Waals surface area contributed by atoms with Crippen molar-refractivity contribution in [3.05, 3.63) is 52.9 Å². The van der Waals surface area contributed by atoms with Crippen molar-refractivity contribution in [1.29, 1.82) is 0 Å². The van der Waals surface area contributed by atoms with Gasteiger partial charge in [-0.15, -0.1) is 5.10 Å². The first kappa shape index (κ1) is 14.6. The lowest BCUT2D eigenvalue weighted by atomic mass is 10.0. The first-order valence-corrected chi connectivity index (χ1v) is 7.76. The molecule has 0 radical (unpaired) electrons. The molecule has 3 heterocycles. The van der Waals surface area contributed by atoms with Crippen LogP contribution in [0.2, 0.25) is 5.02 Å². The van der Waals surface area contributed by atoms with Gasteiger partial charge < -0.3 is 9.84 Å². The van der Waals surface area contributed by atoms with Gasteiger partial charge in [0.15, 0.2) is 0 Å². The highest BCUT2D eigenvalue weighted by Crippen LogP contribution is 2.29. The number of hydrogen-bond donors (Lipinski definition) is 1. The van der Waals surface area contributed by atoms with E-state index in [4.69, 9.17) is 16.3 Å². The number of ether oxygens (including phenoxy) is 1. The predicted octanol–water partition coefficient (Wildman–Crippen LogP) is 2.14. The van der Waals surface area contributed by atoms with Gasteiger partial charge in [0, 0.05) is 35.2 Å². The van der Waals surface area contributed by atoms with Crippen LogP contribution in [-0.4, -0.2) is 38.3 Å². The molecule has 0 spiro atoms. The molecule has 0 aliphatic carbocycles. The first-order valence-electron chi connectivity index (χ1n) is 7.39. The maximum Gasteiger partial charge on any atom is 0.135 e. The van der Waals surface area contributed by atoms with Crippen molar-refractivity contribution in [2.24, 2.45) is 0 Å². The van der Waals surface area contributed by atoms with Crippen molar-refractivity contribution in [1.82, 2.24) is 20.0 Å². The lowest BCUT2D eigenvalue weighted by molar-refractivity contribution is 0.0193. The third-order valence-electron chi connectivity index (χ3n) is 4.16. The topological polar surface area (TPSA) is 73.1 Å². The van der Waals surface area contributed by atoms with E-state index >= 15 is 0 Å². The molecule has 1 saturated heterocycles. The van der Waals surface area contributed by atoms with Gasteiger partial charge in [-0.3, -0.25) is 4.98 Å². The molecule has 0 saturated carbocycles. The van der Waals surface area contributed by atoms with E-state index in [1.165, 1.54) is 0 Å². The molecule has 3 aromatic rings. The summed E-state index contributed by atoms with van der Waals surface area (Å²) in [7, 11) is 0. The molecule has 1 aromatic carbocycles. The summed E-state index contributed by atoms with van der Waals surface area (Å²) in [5.74, 6) is 0. The monoisotopic (exact) mass is 330 g/mol. The quantitative estimate of drug-likeness (QED) is 0.796. The molecule has 1 N–H and O–H groups in total. The molecule has 1 aliphatic rings. The molecule has 0 amide bonds. The van der Waals surface area contributed by atoms with Crippen molar-refractivity contribution in [3.63, 3.8) is 0 Å². The van der Waals surface area contributed by atoms with Crippen LogP contribution in [0.4, 0.5) is 0 Å². The minimum Gasteiger partial charge on any atom is -0.381 e. The van der Waals surface area contributed by atoms with E-state index in [1.807, 2.05) is 24.3 Å². The Balaban J connectivity index is 1.69. The molecule has 1 atom stereocenters. The minimum atomic E-state index is -1.04. The van der Waals surface area contributed by atoms with Crippen molar-refractivity contribution >= 4 is 22.5 Å². The van der Waals surface area contributed by atoms with Gasteiger partial charge in [0.1, 0.15) is 11.3 Å². The number of hydrogen-bond acceptors (Lipinski definition) is 5. The van der Waals surface area contributed by atoms with Crippen LogP contribution in [-0.2, 0) is 16.9 Å². The van der Waals surface area contributed by atoms with Gasteiger partial charge in [-0.1, -0.05) is 28.9 Å². The van der Waals surface area contributed by atoms with Crippen molar-refractivity contribution in [2.45, 2.75) is 18.6 Å². The van der Waals surface area contributed by atoms with Crippen LogP contribution in [0.5, 0.6) is 0 Å². The maximum atomic E-state index is 10.5. The number of aromatic nitrogens is 4. The van der Waals surface area contributed by atoms with E-state index in [0.29, 0.717) is 30.3 Å². The zero-order chi connectivity index (χ0) is 15.9. The van der Waals surface area contributed by atoms with E-state index in [1.54, 1.807) is 17.1 Å². The molecule has 1 unspecified atom stereocenters. The SMILES string of the molecule is OC1(c2cn(Cc3c(Cl)ccc4cccnc34)nn2)CCOC1. The second-order valence-corrected chi connectivity index (χ2v) is 6.14. The van der Waals surface area contributed by atoms with Gasteiger partial charge in [0.2, 0.25) is 0 Å². The standard InChI is InChI=1S/C16H15ClN4O2/c17-13-4-3-11-2-1-6-18-15(11)12(13)8-21-9-14(19-20-21)16(22)5-7-23-10-16/h1-4,6,9,22H,5,7-8,10H2. The number of nitrogens with zero attached hydrogens (tertiary/aromatic N) is 4. The summed E-state index contributed by atoms with van der Waals surface area (Å²) in [6.45, 7) is 1.22. The Kier molecular flexibility index (Phi) is 3.52. The smallest absolute Gasteiger partial charge is 0.135 e. The van der Waals surface area contributed by atoms with E-state index in [9.17, 15) is 5.11 Å². The van der Waals surface area contributed by atoms with Gasteiger partial charge in [-0.25, -0.2) is 4.68 Å². The average molecular weight is 331 g/mol. The molecule has 0 bridgehead atoms. The van der Waals surface area contributed by atoms with Crippen molar-refractivity contribution < 1.29 is 9.84 Å². The Labute approximate surface area is 137 Å². The zero-order valence-electron chi connectivity index (χ0n) is 12.3. The average Bonchev–Trinajstić information content (AvgIpc) is 3.20. The first-order chi connectivity index (χ1) is 11.2. The Morgan fingerprint density at radius 2 is 2.26 bits per heavy atom. The van der Waals surface area contributed by atoms with Crippen LogP contribution in [0.1, 0.15) is 17.7 Å². The van der Waals surface area contributed by atoms with Crippen molar-refractivity contribution in [3.8, 4) is 0 Å². The van der Waals surface area contributed by atoms with Crippen LogP contribution in [0.3, 0.4) is 0 Å². The Bertz CT molecular complexity index is 858. The lowest BCUT2D eigenvalue weighted by Crippen LogP contribution is -2.26. The lowest BCUT2D eigenvalue weighted by Gasteiger charge is -2.15. The molecule has 23 heavy (non-hydrogen) atoms. The Hall–Kier alpha value is -2.02. The highest BCUT2D eigenvalue weighted by molar-refractivity contribution is 6.32. The molecule has 2 aromatic heterocycles. The van der Waals surface area contributed by atoms with Crippen LogP contribution in [0.25, 0.3) is 10.9 Å². The largest absolute Gasteiger partial charge is 0.381 e. The third-order valence-corrected chi connectivity index (χ3v) is 4.51. The summed E-state index contributed by atoms with van der Waals surface area (Å²) < 4.78 is 6.93. The summed E-state index contributed by atoms with van der Waals surface area (Å²) in [4.78, 5) is 4.42. The van der Waals surface area contributed by atoms with E-state index in [-0.39, 0.29) is 6.61 Å². The normalized spacial score (nSPS) is 21.1. The van der Waals surface area contributed by atoms with Crippen LogP contribution in [0.15, 0.2) is 36.7 Å². The van der Waals surface area contributed by atoms with Gasteiger partial charge in [-0.2, -0.15) is 0 Å². The van der Waals surface area contributed by atoms with Crippen molar-refractivity contribution in [2.75, 3.05) is 13.2 Å². The summed E-state index contributed by atoms with van der Waals surface area (Å²) in [6.07, 6.45) is 4.02. The van der Waals surface area contributed by atoms with E-state index in [0.717, 1.165) is 16.5 Å². The Morgan fingerprint density at radius 3 is 3.09 bits per heavy atom. The fourth-order valence-electron chi connectivity index (χ4n) is 2.84. The summed E-state index contributed by atoms with van der Waals surface area (Å²) in [5, 5.41) is 20.4. The highest BCUT2D eigenvalue weighted by atomic mass is 35.5. The third kappa shape index (κ3) is 2.59. The number of fused-ring (bicyclic) bond motifs is 1. The summed E-state index contributed by atoms with van der Waals surface area (Å²) >= 11 is 6.34. The summed E-state index contributed by atoms with van der Waals surface area (Å²) in [5.41, 5.74) is 1.22. The molecule has 1 fully saturated rings. The Morgan fingerprint density at radius 1 is 1.35 bits per heavy atom. The number of halogens is 1. The highest BCUT2D eigenvalue weighted by Gasteiger charge is 2.37. The second-order valence-electron chi connectivity index (χ2n) is 5.74. The predicted molar refractivity (Wildman–Crippen MR) is 85.2 cm³/mol. The molecular weight excluding hydrogens is 316 g/mol.